The summed E-state index contributed by atoms with van der Waals surface area (Å²) in [4.78, 5) is 36.0. The molecule has 8 nitrogen and oxygen atoms in total. The third-order valence-corrected chi connectivity index (χ3v) is 5.61. The van der Waals surface area contributed by atoms with Crippen molar-refractivity contribution in [3.05, 3.63) is 33.9 Å². The smallest absolute Gasteiger partial charge is 0.342 e. The van der Waals surface area contributed by atoms with Gasteiger partial charge in [-0.15, -0.1) is 0 Å². The normalized spacial score (nSPS) is 17.6. The van der Waals surface area contributed by atoms with E-state index in [0.717, 1.165) is 11.1 Å². The van der Waals surface area contributed by atoms with Gasteiger partial charge in [0.05, 0.1) is 21.3 Å². The van der Waals surface area contributed by atoms with Gasteiger partial charge in [-0.3, -0.25) is 9.59 Å². The number of hydrogen-bond donors (Lipinski definition) is 1. The Morgan fingerprint density at radius 3 is 2.48 bits per heavy atom. The Labute approximate surface area is 168 Å². The molecule has 2 aliphatic rings. The molecule has 1 aliphatic carbocycles. The highest BCUT2D eigenvalue weighted by Crippen LogP contribution is 2.49. The summed E-state index contributed by atoms with van der Waals surface area (Å²) >= 11 is 0. The van der Waals surface area contributed by atoms with Crippen LogP contribution < -0.4 is 4.74 Å². The van der Waals surface area contributed by atoms with E-state index in [1.54, 1.807) is 0 Å². The molecule has 1 unspecified atom stereocenters. The van der Waals surface area contributed by atoms with Crippen LogP contribution in [-0.4, -0.2) is 44.3 Å². The predicted molar refractivity (Wildman–Crippen MR) is 101 cm³/mol. The van der Waals surface area contributed by atoms with Crippen LogP contribution in [0.5, 0.6) is 11.5 Å². The molecular formula is C21H24O8. The molecule has 1 N–H and O–H groups in total. The lowest BCUT2D eigenvalue weighted by Crippen LogP contribution is -2.26. The Morgan fingerprint density at radius 2 is 1.90 bits per heavy atom. The average molecular weight is 404 g/mol. The highest BCUT2D eigenvalue weighted by molar-refractivity contribution is 5.98. The third-order valence-electron chi connectivity index (χ3n) is 5.61. The summed E-state index contributed by atoms with van der Waals surface area (Å²) in [5, 5.41) is 10.8. The number of phenols is 1. The van der Waals surface area contributed by atoms with E-state index in [2.05, 4.69) is 0 Å². The zero-order valence-electron chi connectivity index (χ0n) is 16.9. The van der Waals surface area contributed by atoms with Gasteiger partial charge in [0.25, 0.3) is 0 Å². The maximum atomic E-state index is 12.1. The van der Waals surface area contributed by atoms with Gasteiger partial charge in [-0.1, -0.05) is 11.6 Å². The molecule has 3 rings (SSSR count). The maximum Gasteiger partial charge on any atom is 0.342 e. The van der Waals surface area contributed by atoms with Gasteiger partial charge in [0.2, 0.25) is 0 Å². The van der Waals surface area contributed by atoms with Crippen molar-refractivity contribution >= 4 is 17.9 Å². The van der Waals surface area contributed by atoms with Gasteiger partial charge in [0, 0.05) is 17.0 Å². The molecule has 0 bridgehead atoms. The van der Waals surface area contributed by atoms with Crippen molar-refractivity contribution < 1.29 is 38.4 Å². The molecule has 8 heteroatoms. The number of hydrogen-bond acceptors (Lipinski definition) is 8. The summed E-state index contributed by atoms with van der Waals surface area (Å²) < 4.78 is 20.1. The largest absolute Gasteiger partial charge is 0.507 e. The van der Waals surface area contributed by atoms with Gasteiger partial charge in [-0.05, 0) is 31.7 Å². The predicted octanol–water partition coefficient (Wildman–Crippen LogP) is 2.54. The van der Waals surface area contributed by atoms with Gasteiger partial charge >= 0.3 is 17.9 Å². The number of benzene rings is 1. The minimum Gasteiger partial charge on any atom is -0.507 e. The standard InChI is InChI=1S/C21H24O8/c1-10-14-9-29-21(25)16(14)17(22)15(18(10)26-2)12-6-5-11(7-12)8-13(19(23)27-3)20(24)28-4/h7,12-13,22H,5-6,8-9H2,1-4H3. The fourth-order valence-electron chi connectivity index (χ4n) is 4.13. The number of fused-ring (bicyclic) bond motifs is 1. The number of methoxy groups -OCH3 is 3. The van der Waals surface area contributed by atoms with Crippen LogP contribution in [0.4, 0.5) is 0 Å². The molecule has 29 heavy (non-hydrogen) atoms. The zero-order chi connectivity index (χ0) is 21.3. The summed E-state index contributed by atoms with van der Waals surface area (Å²) in [6, 6.07) is 0. The van der Waals surface area contributed by atoms with Gasteiger partial charge < -0.3 is 24.1 Å². The minimum absolute atomic E-state index is 0.107. The molecule has 156 valence electrons. The van der Waals surface area contributed by atoms with Crippen LogP contribution >= 0.6 is 0 Å². The van der Waals surface area contributed by atoms with Crippen LogP contribution in [0.1, 0.15) is 52.2 Å². The van der Waals surface area contributed by atoms with Gasteiger partial charge in [0.1, 0.15) is 23.7 Å². The Bertz CT molecular complexity index is 883. The Hall–Kier alpha value is -3.03. The van der Waals surface area contributed by atoms with E-state index >= 15 is 0 Å². The van der Waals surface area contributed by atoms with Crippen LogP contribution in [0.2, 0.25) is 0 Å². The highest BCUT2D eigenvalue weighted by Gasteiger charge is 2.36. The van der Waals surface area contributed by atoms with Crippen molar-refractivity contribution in [1.29, 1.82) is 0 Å². The second-order valence-corrected chi connectivity index (χ2v) is 7.12. The van der Waals surface area contributed by atoms with Crippen molar-refractivity contribution in [2.75, 3.05) is 21.3 Å². The minimum atomic E-state index is -1.04. The third kappa shape index (κ3) is 3.54. The molecule has 0 radical (unpaired) electrons. The van der Waals surface area contributed by atoms with E-state index in [9.17, 15) is 19.5 Å². The van der Waals surface area contributed by atoms with Crippen molar-refractivity contribution in [3.63, 3.8) is 0 Å². The number of rotatable bonds is 6. The van der Waals surface area contributed by atoms with Crippen molar-refractivity contribution in [2.24, 2.45) is 5.92 Å². The number of cyclic esters (lactones) is 1. The summed E-state index contributed by atoms with van der Waals surface area (Å²) in [6.45, 7) is 1.93. The monoisotopic (exact) mass is 404 g/mol. The van der Waals surface area contributed by atoms with Crippen molar-refractivity contribution in [1.82, 2.24) is 0 Å². The van der Waals surface area contributed by atoms with E-state index in [1.165, 1.54) is 21.3 Å². The Morgan fingerprint density at radius 1 is 1.24 bits per heavy atom. The van der Waals surface area contributed by atoms with Crippen molar-refractivity contribution in [2.45, 2.75) is 38.7 Å². The first-order chi connectivity index (χ1) is 13.8. The second kappa shape index (κ2) is 8.14. The molecular weight excluding hydrogens is 380 g/mol. The fourth-order valence-corrected chi connectivity index (χ4v) is 4.13. The molecule has 1 aromatic rings. The van der Waals surface area contributed by atoms with E-state index in [1.807, 2.05) is 13.0 Å². The van der Waals surface area contributed by atoms with E-state index in [4.69, 9.17) is 18.9 Å². The van der Waals surface area contributed by atoms with Gasteiger partial charge in [0.15, 0.2) is 5.92 Å². The molecule has 1 aliphatic heterocycles. The fraction of sp³-hybridized carbons (Fsp3) is 0.476. The molecule has 0 aromatic heterocycles. The number of esters is 3. The first-order valence-corrected chi connectivity index (χ1v) is 9.28. The van der Waals surface area contributed by atoms with Crippen LogP contribution in [0.3, 0.4) is 0 Å². The number of aromatic hydroxyl groups is 1. The molecule has 0 amide bonds. The molecule has 0 saturated heterocycles. The summed E-state index contributed by atoms with van der Waals surface area (Å²) in [5.41, 5.74) is 2.96. The van der Waals surface area contributed by atoms with Gasteiger partial charge in [-0.2, -0.15) is 0 Å². The number of ether oxygens (including phenoxy) is 4. The SMILES string of the molecule is COC(=O)C(CC1=CC(c2c(O)c3c(c(C)c2OC)COC3=O)CC1)C(=O)OC. The summed E-state index contributed by atoms with van der Waals surface area (Å²) in [6.07, 6.45) is 3.34. The van der Waals surface area contributed by atoms with E-state index < -0.39 is 23.8 Å². The molecule has 0 fully saturated rings. The molecule has 0 spiro atoms. The average Bonchev–Trinajstić information content (AvgIpc) is 3.34. The lowest BCUT2D eigenvalue weighted by molar-refractivity contribution is -0.158. The number of allylic oxidation sites excluding steroid dienone is 2. The van der Waals surface area contributed by atoms with E-state index in [-0.39, 0.29) is 30.3 Å². The van der Waals surface area contributed by atoms with E-state index in [0.29, 0.717) is 29.7 Å². The Balaban J connectivity index is 1.97. The van der Waals surface area contributed by atoms with Gasteiger partial charge in [-0.25, -0.2) is 4.79 Å². The molecule has 0 saturated carbocycles. The first-order valence-electron chi connectivity index (χ1n) is 9.28. The first kappa shape index (κ1) is 20.7. The number of carbonyl (C=O) groups is 3. The quantitative estimate of drug-likeness (QED) is 0.333. The summed E-state index contributed by atoms with van der Waals surface area (Å²) in [7, 11) is 3.96. The number of carbonyl (C=O) groups excluding carboxylic acids is 3. The molecule has 1 heterocycles. The lowest BCUT2D eigenvalue weighted by Gasteiger charge is -2.19. The van der Waals surface area contributed by atoms with Crippen LogP contribution in [0.25, 0.3) is 0 Å². The topological polar surface area (TPSA) is 108 Å². The molecule has 1 aromatic carbocycles. The number of phenolic OH excluding ortho intramolecular Hbond substituents is 1. The Kier molecular flexibility index (Phi) is 5.81. The lowest BCUT2D eigenvalue weighted by atomic mass is 9.89. The maximum absolute atomic E-state index is 12.1. The van der Waals surface area contributed by atoms with Crippen LogP contribution in [-0.2, 0) is 30.4 Å². The second-order valence-electron chi connectivity index (χ2n) is 7.12. The highest BCUT2D eigenvalue weighted by atomic mass is 16.5. The van der Waals surface area contributed by atoms with Crippen LogP contribution in [0, 0.1) is 12.8 Å². The van der Waals surface area contributed by atoms with Crippen LogP contribution in [0.15, 0.2) is 11.6 Å². The summed E-state index contributed by atoms with van der Waals surface area (Å²) in [5.74, 6) is -2.75. The van der Waals surface area contributed by atoms with Crippen molar-refractivity contribution in [3.8, 4) is 11.5 Å². The zero-order valence-corrected chi connectivity index (χ0v) is 16.9. The molecule has 1 atom stereocenters.